The van der Waals surface area contributed by atoms with E-state index < -0.39 is 23.2 Å². The van der Waals surface area contributed by atoms with E-state index in [1.165, 1.54) is 6.07 Å². The Labute approximate surface area is 106 Å². The minimum absolute atomic E-state index is 0.0778. The molecular formula is C12H12N2O5. The summed E-state index contributed by atoms with van der Waals surface area (Å²) in [7, 11) is 0. The molecule has 1 atom stereocenters. The van der Waals surface area contributed by atoms with E-state index in [1.54, 1.807) is 12.1 Å². The van der Waals surface area contributed by atoms with E-state index in [4.69, 9.17) is 5.11 Å². The zero-order chi connectivity index (χ0) is 14.0. The van der Waals surface area contributed by atoms with Crippen LogP contribution in [0.3, 0.4) is 0 Å². The molecule has 7 nitrogen and oxygen atoms in total. The number of hydrogen-bond donors (Lipinski definition) is 4. The van der Waals surface area contributed by atoms with Gasteiger partial charge in [-0.3, -0.25) is 14.4 Å². The summed E-state index contributed by atoms with van der Waals surface area (Å²) >= 11 is 0. The van der Waals surface area contributed by atoms with Crippen LogP contribution in [0, 0.1) is 0 Å². The monoisotopic (exact) mass is 264 g/mol. The van der Waals surface area contributed by atoms with E-state index >= 15 is 0 Å². The molecule has 1 aromatic heterocycles. The van der Waals surface area contributed by atoms with Crippen LogP contribution in [0.25, 0.3) is 11.0 Å². The second-order valence-corrected chi connectivity index (χ2v) is 4.16. The first-order valence-electron chi connectivity index (χ1n) is 5.63. The standard InChI is InChI=1S/C12H12N2O5/c15-9(3-4-10(16)17)6-1-2-7-8(5-6)14-12(19)11(18)13-7/h1-2,5,9,15H,3-4H2,(H,13,18)(H,14,19)(H,16,17). The number of aliphatic hydroxyl groups excluding tert-OH is 1. The molecule has 0 bridgehead atoms. The molecule has 1 aromatic carbocycles. The van der Waals surface area contributed by atoms with E-state index in [0.29, 0.717) is 16.6 Å². The molecule has 7 heteroatoms. The molecule has 1 unspecified atom stereocenters. The van der Waals surface area contributed by atoms with Gasteiger partial charge in [0.15, 0.2) is 0 Å². The quantitative estimate of drug-likeness (QED) is 0.584. The zero-order valence-electron chi connectivity index (χ0n) is 9.84. The van der Waals surface area contributed by atoms with Crippen LogP contribution in [0.1, 0.15) is 24.5 Å². The van der Waals surface area contributed by atoms with Crippen LogP contribution in [0.15, 0.2) is 27.8 Å². The first-order chi connectivity index (χ1) is 8.97. The predicted octanol–water partition coefficient (Wildman–Crippen LogP) is 0.115. The summed E-state index contributed by atoms with van der Waals surface area (Å²) in [6.07, 6.45) is -1.01. The van der Waals surface area contributed by atoms with Crippen molar-refractivity contribution in [2.24, 2.45) is 0 Å². The third kappa shape index (κ3) is 2.89. The van der Waals surface area contributed by atoms with Crippen LogP contribution in [0.2, 0.25) is 0 Å². The Hall–Kier alpha value is -2.41. The first kappa shape index (κ1) is 13.0. The molecule has 0 aliphatic rings. The summed E-state index contributed by atoms with van der Waals surface area (Å²) in [5.74, 6) is -0.988. The lowest BCUT2D eigenvalue weighted by Crippen LogP contribution is -2.28. The molecule has 0 spiro atoms. The van der Waals surface area contributed by atoms with Crippen molar-refractivity contribution in [1.29, 1.82) is 0 Å². The second-order valence-electron chi connectivity index (χ2n) is 4.16. The van der Waals surface area contributed by atoms with Crippen molar-refractivity contribution in [3.8, 4) is 0 Å². The number of aromatic amines is 2. The molecule has 1 heterocycles. The van der Waals surface area contributed by atoms with Crippen molar-refractivity contribution in [3.63, 3.8) is 0 Å². The van der Waals surface area contributed by atoms with Crippen molar-refractivity contribution in [2.75, 3.05) is 0 Å². The van der Waals surface area contributed by atoms with E-state index in [-0.39, 0.29) is 12.8 Å². The van der Waals surface area contributed by atoms with Gasteiger partial charge >= 0.3 is 17.1 Å². The maximum absolute atomic E-state index is 11.2. The Morgan fingerprint density at radius 1 is 1.16 bits per heavy atom. The van der Waals surface area contributed by atoms with Gasteiger partial charge in [0.25, 0.3) is 0 Å². The van der Waals surface area contributed by atoms with Gasteiger partial charge < -0.3 is 20.2 Å². The van der Waals surface area contributed by atoms with Gasteiger partial charge in [-0.25, -0.2) is 0 Å². The van der Waals surface area contributed by atoms with Crippen molar-refractivity contribution < 1.29 is 15.0 Å². The number of fused-ring (bicyclic) bond motifs is 1. The molecular weight excluding hydrogens is 252 g/mol. The molecule has 0 radical (unpaired) electrons. The summed E-state index contributed by atoms with van der Waals surface area (Å²) in [6, 6.07) is 4.63. The van der Waals surface area contributed by atoms with E-state index in [1.807, 2.05) is 0 Å². The van der Waals surface area contributed by atoms with Crippen molar-refractivity contribution in [1.82, 2.24) is 9.97 Å². The normalized spacial score (nSPS) is 12.5. The van der Waals surface area contributed by atoms with Gasteiger partial charge in [0.2, 0.25) is 0 Å². The lowest BCUT2D eigenvalue weighted by atomic mass is 10.0. The van der Waals surface area contributed by atoms with Crippen LogP contribution < -0.4 is 11.1 Å². The Morgan fingerprint density at radius 3 is 2.42 bits per heavy atom. The van der Waals surface area contributed by atoms with Crippen molar-refractivity contribution in [3.05, 3.63) is 44.5 Å². The Bertz CT molecular complexity index is 731. The summed E-state index contributed by atoms with van der Waals surface area (Å²) in [4.78, 5) is 37.5. The van der Waals surface area contributed by atoms with Crippen LogP contribution >= 0.6 is 0 Å². The number of benzene rings is 1. The highest BCUT2D eigenvalue weighted by Gasteiger charge is 2.11. The lowest BCUT2D eigenvalue weighted by molar-refractivity contribution is -0.137. The van der Waals surface area contributed by atoms with Crippen LogP contribution in [-0.2, 0) is 4.79 Å². The van der Waals surface area contributed by atoms with E-state index in [2.05, 4.69) is 9.97 Å². The summed E-state index contributed by atoms with van der Waals surface area (Å²) in [5.41, 5.74) is -0.206. The summed E-state index contributed by atoms with van der Waals surface area (Å²) in [5, 5.41) is 18.4. The van der Waals surface area contributed by atoms with Gasteiger partial charge in [-0.05, 0) is 24.1 Å². The molecule has 0 saturated heterocycles. The number of aliphatic carboxylic acids is 1. The van der Waals surface area contributed by atoms with Gasteiger partial charge in [-0.15, -0.1) is 0 Å². The van der Waals surface area contributed by atoms with Crippen LogP contribution in [0.5, 0.6) is 0 Å². The third-order valence-corrected chi connectivity index (χ3v) is 2.76. The Balaban J connectivity index is 2.35. The van der Waals surface area contributed by atoms with Gasteiger partial charge in [0.1, 0.15) is 0 Å². The Kier molecular flexibility index (Phi) is 3.48. The summed E-state index contributed by atoms with van der Waals surface area (Å²) < 4.78 is 0. The average molecular weight is 264 g/mol. The number of aliphatic hydroxyl groups is 1. The smallest absolute Gasteiger partial charge is 0.314 e. The Morgan fingerprint density at radius 2 is 1.79 bits per heavy atom. The minimum atomic E-state index is -0.988. The fraction of sp³-hybridized carbons (Fsp3) is 0.250. The summed E-state index contributed by atoms with van der Waals surface area (Å²) in [6.45, 7) is 0. The number of rotatable bonds is 4. The number of carboxylic acids is 1. The molecule has 0 fully saturated rings. The highest BCUT2D eigenvalue weighted by atomic mass is 16.4. The van der Waals surface area contributed by atoms with E-state index in [9.17, 15) is 19.5 Å². The highest BCUT2D eigenvalue weighted by Crippen LogP contribution is 2.20. The largest absolute Gasteiger partial charge is 0.481 e. The number of aromatic nitrogens is 2. The van der Waals surface area contributed by atoms with Crippen molar-refractivity contribution >= 4 is 17.0 Å². The predicted molar refractivity (Wildman–Crippen MR) is 67.0 cm³/mol. The molecule has 4 N–H and O–H groups in total. The average Bonchev–Trinajstić information content (AvgIpc) is 2.36. The fourth-order valence-corrected chi connectivity index (χ4v) is 1.77. The molecule has 19 heavy (non-hydrogen) atoms. The van der Waals surface area contributed by atoms with Crippen LogP contribution in [-0.4, -0.2) is 26.2 Å². The third-order valence-electron chi connectivity index (χ3n) is 2.76. The number of carbonyl (C=O) groups is 1. The molecule has 0 aliphatic heterocycles. The zero-order valence-corrected chi connectivity index (χ0v) is 9.84. The number of hydrogen-bond acceptors (Lipinski definition) is 4. The number of H-pyrrole nitrogens is 2. The van der Waals surface area contributed by atoms with Crippen LogP contribution in [0.4, 0.5) is 0 Å². The van der Waals surface area contributed by atoms with Gasteiger partial charge in [0.05, 0.1) is 17.1 Å². The molecule has 0 aliphatic carbocycles. The lowest BCUT2D eigenvalue weighted by Gasteiger charge is -2.10. The number of nitrogens with one attached hydrogen (secondary N) is 2. The second kappa shape index (κ2) is 5.07. The molecule has 100 valence electrons. The molecule has 2 rings (SSSR count). The van der Waals surface area contributed by atoms with Gasteiger partial charge in [-0.1, -0.05) is 6.07 Å². The SMILES string of the molecule is O=C(O)CCC(O)c1ccc2[nH]c(=O)c(=O)[nH]c2c1. The number of carboxylic acid groups (broad SMARTS) is 1. The molecule has 0 amide bonds. The van der Waals surface area contributed by atoms with E-state index in [0.717, 1.165) is 0 Å². The minimum Gasteiger partial charge on any atom is -0.481 e. The van der Waals surface area contributed by atoms with Gasteiger partial charge in [-0.2, -0.15) is 0 Å². The molecule has 0 saturated carbocycles. The molecule has 2 aromatic rings. The van der Waals surface area contributed by atoms with Crippen molar-refractivity contribution in [2.45, 2.75) is 18.9 Å². The fourth-order valence-electron chi connectivity index (χ4n) is 1.77. The topological polar surface area (TPSA) is 123 Å². The van der Waals surface area contributed by atoms with Gasteiger partial charge in [0, 0.05) is 6.42 Å². The maximum atomic E-state index is 11.2. The maximum Gasteiger partial charge on any atom is 0.314 e. The first-order valence-corrected chi connectivity index (χ1v) is 5.63. The highest BCUT2D eigenvalue weighted by molar-refractivity contribution is 5.74.